The van der Waals surface area contributed by atoms with Gasteiger partial charge in [-0.3, -0.25) is 0 Å². The van der Waals surface area contributed by atoms with Crippen LogP contribution in [0.5, 0.6) is 17.2 Å². The summed E-state index contributed by atoms with van der Waals surface area (Å²) in [5, 5.41) is 10.7. The van der Waals surface area contributed by atoms with Crippen LogP contribution in [0.3, 0.4) is 0 Å². The molecule has 0 N–H and O–H groups in total. The Bertz CT molecular complexity index is 1370. The Morgan fingerprint density at radius 3 is 2.29 bits per heavy atom. The van der Waals surface area contributed by atoms with Crippen LogP contribution in [-0.4, -0.2) is 19.7 Å². The lowest BCUT2D eigenvalue weighted by Crippen LogP contribution is -2.08. The highest BCUT2D eigenvalue weighted by atomic mass is 16.5. The molecule has 0 fully saturated rings. The summed E-state index contributed by atoms with van der Waals surface area (Å²) >= 11 is 0. The first-order valence-corrected chi connectivity index (χ1v) is 13.2. The second-order valence-corrected chi connectivity index (χ2v) is 9.04. The van der Waals surface area contributed by atoms with E-state index in [-0.39, 0.29) is 0 Å². The summed E-state index contributed by atoms with van der Waals surface area (Å²) in [7, 11) is 1.59. The first kappa shape index (κ1) is 26.9. The predicted octanol–water partition coefficient (Wildman–Crippen LogP) is 9.22. The number of benzene rings is 4. The number of hydrogen-bond donors (Lipinski definition) is 0. The monoisotopic (exact) mass is 510 g/mol. The zero-order valence-corrected chi connectivity index (χ0v) is 22.1. The number of esters is 1. The van der Waals surface area contributed by atoms with E-state index in [2.05, 4.69) is 17.2 Å². The number of nitrogens with zero attached hydrogens (tertiary/aromatic N) is 2. The van der Waals surface area contributed by atoms with E-state index in [0.29, 0.717) is 35.0 Å². The lowest BCUT2D eigenvalue weighted by atomic mass is 10.1. The van der Waals surface area contributed by atoms with Crippen LogP contribution in [0.15, 0.2) is 95.2 Å². The Hall–Kier alpha value is -4.19. The molecule has 4 aromatic carbocycles. The van der Waals surface area contributed by atoms with Gasteiger partial charge in [-0.2, -0.15) is 0 Å². The van der Waals surface area contributed by atoms with Gasteiger partial charge in [-0.15, -0.1) is 10.2 Å². The van der Waals surface area contributed by atoms with Crippen molar-refractivity contribution in [2.45, 2.75) is 45.4 Å². The number of fused-ring (bicyclic) bond motifs is 1. The Morgan fingerprint density at radius 2 is 1.47 bits per heavy atom. The first-order chi connectivity index (χ1) is 18.7. The molecule has 0 unspecified atom stereocenters. The standard InChI is InChI=1S/C32H34N2O4/c1-3-4-5-6-7-12-23-37-26-20-17-25(18-21-26)32(35)38-30-22-19-24-13-8-9-14-27(24)31(30)34-33-28-15-10-11-16-29(28)36-2/h8-11,13-22H,3-7,12,23H2,1-2H3. The van der Waals surface area contributed by atoms with Gasteiger partial charge in [-0.05, 0) is 54.3 Å². The van der Waals surface area contributed by atoms with Gasteiger partial charge in [0, 0.05) is 5.39 Å². The molecule has 0 aromatic heterocycles. The molecule has 6 heteroatoms. The second kappa shape index (κ2) is 13.9. The lowest BCUT2D eigenvalue weighted by Gasteiger charge is -2.11. The Balaban J connectivity index is 1.46. The van der Waals surface area contributed by atoms with E-state index in [1.807, 2.05) is 54.6 Å². The Labute approximate surface area is 224 Å². The van der Waals surface area contributed by atoms with Gasteiger partial charge in [-0.25, -0.2) is 4.79 Å². The van der Waals surface area contributed by atoms with E-state index in [9.17, 15) is 4.79 Å². The molecule has 0 aliphatic rings. The first-order valence-electron chi connectivity index (χ1n) is 13.2. The molecule has 0 bridgehead atoms. The number of hydrogen-bond acceptors (Lipinski definition) is 6. The minimum Gasteiger partial charge on any atom is -0.494 e. The third-order valence-corrected chi connectivity index (χ3v) is 6.27. The van der Waals surface area contributed by atoms with Crippen LogP contribution in [0.1, 0.15) is 55.8 Å². The highest BCUT2D eigenvalue weighted by molar-refractivity contribution is 5.98. The average molecular weight is 511 g/mol. The van der Waals surface area contributed by atoms with Crippen LogP contribution in [0, 0.1) is 0 Å². The van der Waals surface area contributed by atoms with Crippen LogP contribution in [0.4, 0.5) is 11.4 Å². The smallest absolute Gasteiger partial charge is 0.343 e. The number of ether oxygens (including phenoxy) is 3. The van der Waals surface area contributed by atoms with Gasteiger partial charge in [-0.1, -0.05) is 81.5 Å². The number of unbranched alkanes of at least 4 members (excludes halogenated alkanes) is 5. The zero-order chi connectivity index (χ0) is 26.6. The quantitative estimate of drug-likeness (QED) is 0.0778. The third kappa shape index (κ3) is 7.19. The highest BCUT2D eigenvalue weighted by Gasteiger charge is 2.15. The number of para-hydroxylation sites is 1. The molecule has 0 saturated heterocycles. The molecule has 0 aliphatic heterocycles. The highest BCUT2D eigenvalue weighted by Crippen LogP contribution is 2.38. The number of carbonyl (C=O) groups excluding carboxylic acids is 1. The number of carbonyl (C=O) groups is 1. The van der Waals surface area contributed by atoms with Gasteiger partial charge in [0.05, 0.1) is 19.3 Å². The van der Waals surface area contributed by atoms with Crippen molar-refractivity contribution in [3.8, 4) is 17.2 Å². The van der Waals surface area contributed by atoms with E-state index in [0.717, 1.165) is 22.9 Å². The summed E-state index contributed by atoms with van der Waals surface area (Å²) in [6.07, 6.45) is 7.28. The van der Waals surface area contributed by atoms with E-state index >= 15 is 0 Å². The average Bonchev–Trinajstić information content (AvgIpc) is 2.96. The minimum atomic E-state index is -0.475. The molecule has 4 aromatic rings. The molecule has 0 heterocycles. The van der Waals surface area contributed by atoms with Gasteiger partial charge in [0.25, 0.3) is 0 Å². The maximum Gasteiger partial charge on any atom is 0.343 e. The molecule has 0 amide bonds. The summed E-state index contributed by atoms with van der Waals surface area (Å²) < 4.78 is 17.0. The fourth-order valence-electron chi connectivity index (χ4n) is 4.16. The van der Waals surface area contributed by atoms with Crippen LogP contribution in [0.25, 0.3) is 10.8 Å². The van der Waals surface area contributed by atoms with E-state index < -0.39 is 5.97 Å². The molecular weight excluding hydrogens is 476 g/mol. The van der Waals surface area contributed by atoms with Crippen molar-refractivity contribution in [1.29, 1.82) is 0 Å². The number of methoxy groups -OCH3 is 1. The minimum absolute atomic E-state index is 0.329. The van der Waals surface area contributed by atoms with Crippen LogP contribution >= 0.6 is 0 Å². The van der Waals surface area contributed by atoms with Gasteiger partial charge < -0.3 is 14.2 Å². The molecule has 0 radical (unpaired) electrons. The molecule has 0 atom stereocenters. The lowest BCUT2D eigenvalue weighted by molar-refractivity contribution is 0.0735. The van der Waals surface area contributed by atoms with Gasteiger partial charge in [0.15, 0.2) is 5.75 Å². The molecular formula is C32H34N2O4. The van der Waals surface area contributed by atoms with Crippen molar-refractivity contribution in [2.75, 3.05) is 13.7 Å². The van der Waals surface area contributed by atoms with Crippen molar-refractivity contribution < 1.29 is 19.0 Å². The second-order valence-electron chi connectivity index (χ2n) is 9.04. The van der Waals surface area contributed by atoms with Crippen LogP contribution < -0.4 is 14.2 Å². The maximum absolute atomic E-state index is 13.0. The molecule has 0 aliphatic carbocycles. The Morgan fingerprint density at radius 1 is 0.737 bits per heavy atom. The van der Waals surface area contributed by atoms with Gasteiger partial charge in [0.1, 0.15) is 22.9 Å². The van der Waals surface area contributed by atoms with Crippen molar-refractivity contribution in [3.05, 3.63) is 90.5 Å². The number of azo groups is 1. The summed E-state index contributed by atoms with van der Waals surface area (Å²) in [6.45, 7) is 2.89. The third-order valence-electron chi connectivity index (χ3n) is 6.27. The summed E-state index contributed by atoms with van der Waals surface area (Å²) in [5.74, 6) is 1.20. The van der Waals surface area contributed by atoms with Gasteiger partial charge >= 0.3 is 5.97 Å². The fourth-order valence-corrected chi connectivity index (χ4v) is 4.16. The molecule has 38 heavy (non-hydrogen) atoms. The van der Waals surface area contributed by atoms with E-state index in [1.165, 1.54) is 32.1 Å². The molecule has 4 rings (SSSR count). The van der Waals surface area contributed by atoms with E-state index in [4.69, 9.17) is 14.2 Å². The SMILES string of the molecule is CCCCCCCCOc1ccc(C(=O)Oc2ccc3ccccc3c2N=Nc2ccccc2OC)cc1. The summed E-state index contributed by atoms with van der Waals surface area (Å²) in [5.41, 5.74) is 1.48. The maximum atomic E-state index is 13.0. The number of rotatable bonds is 13. The molecule has 0 saturated carbocycles. The normalized spacial score (nSPS) is 11.1. The largest absolute Gasteiger partial charge is 0.494 e. The molecule has 196 valence electrons. The fraction of sp³-hybridized carbons (Fsp3) is 0.281. The zero-order valence-electron chi connectivity index (χ0n) is 22.1. The van der Waals surface area contributed by atoms with Gasteiger partial charge in [0.2, 0.25) is 0 Å². The topological polar surface area (TPSA) is 69.5 Å². The van der Waals surface area contributed by atoms with Crippen molar-refractivity contribution >= 4 is 28.1 Å². The van der Waals surface area contributed by atoms with Crippen molar-refractivity contribution in [1.82, 2.24) is 0 Å². The summed E-state index contributed by atoms with van der Waals surface area (Å²) in [4.78, 5) is 13.0. The summed E-state index contributed by atoms with van der Waals surface area (Å²) in [6, 6.07) is 25.8. The Kier molecular flexibility index (Phi) is 9.85. The van der Waals surface area contributed by atoms with Crippen molar-refractivity contribution in [2.24, 2.45) is 10.2 Å². The molecule has 6 nitrogen and oxygen atoms in total. The predicted molar refractivity (Wildman–Crippen MR) is 151 cm³/mol. The van der Waals surface area contributed by atoms with Crippen molar-refractivity contribution in [3.63, 3.8) is 0 Å². The van der Waals surface area contributed by atoms with Crippen LogP contribution in [-0.2, 0) is 0 Å². The molecule has 0 spiro atoms. The van der Waals surface area contributed by atoms with E-state index in [1.54, 1.807) is 37.4 Å². The van der Waals surface area contributed by atoms with Crippen LogP contribution in [0.2, 0.25) is 0 Å².